The zero-order valence-corrected chi connectivity index (χ0v) is 20.9. The molecule has 0 radical (unpaired) electrons. The second kappa shape index (κ2) is 9.72. The van der Waals surface area contributed by atoms with E-state index in [0.29, 0.717) is 12.1 Å². The average molecular weight is 485 g/mol. The van der Waals surface area contributed by atoms with E-state index in [0.717, 1.165) is 47.4 Å². The Hall–Kier alpha value is -3.74. The van der Waals surface area contributed by atoms with Crippen molar-refractivity contribution >= 4 is 17.7 Å². The normalized spacial score (nSPS) is 19.8. The molecule has 2 aliphatic rings. The number of nitrogens with zero attached hydrogens (tertiary/aromatic N) is 3. The minimum absolute atomic E-state index is 0.00952. The van der Waals surface area contributed by atoms with Gasteiger partial charge < -0.3 is 4.90 Å². The highest BCUT2D eigenvalue weighted by atomic mass is 16.2. The Morgan fingerprint density at radius 2 is 1.69 bits per heavy atom. The molecule has 186 valence electrons. The number of likely N-dealkylation sites (N-methyl/N-ethyl adjacent to an activating group) is 1. The van der Waals surface area contributed by atoms with Crippen molar-refractivity contribution in [1.82, 2.24) is 20.0 Å². The predicted octanol–water partition coefficient (Wildman–Crippen LogP) is 4.02. The number of hydrogen-bond acceptors (Lipinski definition) is 4. The van der Waals surface area contributed by atoms with E-state index in [1.807, 2.05) is 54.6 Å². The monoisotopic (exact) mass is 484 g/mol. The summed E-state index contributed by atoms with van der Waals surface area (Å²) < 4.78 is 0. The number of imide groups is 1. The molecule has 0 spiro atoms. The van der Waals surface area contributed by atoms with Gasteiger partial charge in [-0.3, -0.25) is 24.4 Å². The highest BCUT2D eigenvalue weighted by Crippen LogP contribution is 2.40. The highest BCUT2D eigenvalue weighted by Gasteiger charge is 2.52. The van der Waals surface area contributed by atoms with Gasteiger partial charge in [-0.1, -0.05) is 61.0 Å². The Labute approximate surface area is 211 Å². The van der Waals surface area contributed by atoms with Crippen LogP contribution in [0.3, 0.4) is 0 Å². The Morgan fingerprint density at radius 1 is 1.00 bits per heavy atom. The van der Waals surface area contributed by atoms with Gasteiger partial charge in [-0.15, -0.1) is 0 Å². The number of rotatable bonds is 6. The molecular weight excluding hydrogens is 452 g/mol. The van der Waals surface area contributed by atoms with E-state index < -0.39 is 5.41 Å². The first-order valence-corrected chi connectivity index (χ1v) is 12.6. The lowest BCUT2D eigenvalue weighted by molar-refractivity contribution is -0.141. The van der Waals surface area contributed by atoms with Crippen LogP contribution >= 0.6 is 0 Å². The molecular formula is C29H32N4O3. The van der Waals surface area contributed by atoms with Crippen LogP contribution < -0.4 is 0 Å². The SMILES string of the molecule is CN(Cc1n[nH]c2c1CCCCC2)C(=O)C[C@]1(c2ccc(-c3ccccc3)cc2)CC(=O)N(C)C1=O. The van der Waals surface area contributed by atoms with Crippen molar-refractivity contribution in [2.45, 2.75) is 56.9 Å². The number of carbonyl (C=O) groups excluding carboxylic acids is 3. The molecule has 1 aliphatic carbocycles. The number of benzene rings is 2. The van der Waals surface area contributed by atoms with E-state index in [2.05, 4.69) is 10.2 Å². The molecule has 1 aromatic heterocycles. The van der Waals surface area contributed by atoms with Crippen LogP contribution in [0.15, 0.2) is 54.6 Å². The van der Waals surface area contributed by atoms with Crippen molar-refractivity contribution in [3.63, 3.8) is 0 Å². The third-order valence-corrected chi connectivity index (χ3v) is 7.74. The summed E-state index contributed by atoms with van der Waals surface area (Å²) in [4.78, 5) is 42.3. The van der Waals surface area contributed by atoms with Crippen LogP contribution in [0.5, 0.6) is 0 Å². The predicted molar refractivity (Wildman–Crippen MR) is 137 cm³/mol. The van der Waals surface area contributed by atoms with Crippen LogP contribution in [0.25, 0.3) is 11.1 Å². The second-order valence-electron chi connectivity index (χ2n) is 10.1. The molecule has 1 saturated heterocycles. The van der Waals surface area contributed by atoms with Crippen molar-refractivity contribution in [2.75, 3.05) is 14.1 Å². The van der Waals surface area contributed by atoms with Crippen molar-refractivity contribution in [3.8, 4) is 11.1 Å². The molecule has 36 heavy (non-hydrogen) atoms. The van der Waals surface area contributed by atoms with Gasteiger partial charge in [-0.05, 0) is 47.9 Å². The largest absolute Gasteiger partial charge is 0.340 e. The minimum Gasteiger partial charge on any atom is -0.340 e. The van der Waals surface area contributed by atoms with E-state index >= 15 is 0 Å². The Morgan fingerprint density at radius 3 is 2.39 bits per heavy atom. The Bertz CT molecular complexity index is 1280. The quantitative estimate of drug-likeness (QED) is 0.423. The number of H-pyrrole nitrogens is 1. The van der Waals surface area contributed by atoms with Crippen LogP contribution in [-0.4, -0.2) is 51.8 Å². The number of fused-ring (bicyclic) bond motifs is 1. The maximum absolute atomic E-state index is 13.5. The van der Waals surface area contributed by atoms with E-state index in [-0.39, 0.29) is 30.6 Å². The highest BCUT2D eigenvalue weighted by molar-refractivity contribution is 6.10. The lowest BCUT2D eigenvalue weighted by Gasteiger charge is -2.29. The number of aromatic amines is 1. The lowest BCUT2D eigenvalue weighted by Crippen LogP contribution is -2.41. The summed E-state index contributed by atoms with van der Waals surface area (Å²) in [5.74, 6) is -0.764. The zero-order chi connectivity index (χ0) is 25.3. The summed E-state index contributed by atoms with van der Waals surface area (Å²) in [6.45, 7) is 0.381. The minimum atomic E-state index is -1.20. The third-order valence-electron chi connectivity index (χ3n) is 7.74. The summed E-state index contributed by atoms with van der Waals surface area (Å²) >= 11 is 0. The summed E-state index contributed by atoms with van der Waals surface area (Å²) in [5, 5.41) is 7.66. The number of nitrogens with one attached hydrogen (secondary N) is 1. The molecule has 1 fully saturated rings. The van der Waals surface area contributed by atoms with Crippen molar-refractivity contribution in [1.29, 1.82) is 0 Å². The van der Waals surface area contributed by atoms with Crippen LogP contribution in [0.1, 0.15) is 54.6 Å². The first kappa shape index (κ1) is 24.0. The Kier molecular flexibility index (Phi) is 6.48. The van der Waals surface area contributed by atoms with Gasteiger partial charge in [0.2, 0.25) is 17.7 Å². The first-order chi connectivity index (χ1) is 17.4. The average Bonchev–Trinajstić information content (AvgIpc) is 3.24. The molecule has 3 aromatic rings. The van der Waals surface area contributed by atoms with Crippen LogP contribution in [0, 0.1) is 0 Å². The van der Waals surface area contributed by atoms with Crippen LogP contribution in [0.4, 0.5) is 0 Å². The number of hydrogen-bond donors (Lipinski definition) is 1. The number of carbonyl (C=O) groups is 3. The molecule has 0 saturated carbocycles. The smallest absolute Gasteiger partial charge is 0.240 e. The topological polar surface area (TPSA) is 86.4 Å². The fourth-order valence-electron chi connectivity index (χ4n) is 5.53. The van der Waals surface area contributed by atoms with Crippen molar-refractivity contribution < 1.29 is 14.4 Å². The van der Waals surface area contributed by atoms with Gasteiger partial charge in [0.05, 0.1) is 17.7 Å². The molecule has 1 aliphatic heterocycles. The van der Waals surface area contributed by atoms with Crippen LogP contribution in [-0.2, 0) is 39.2 Å². The second-order valence-corrected chi connectivity index (χ2v) is 10.1. The van der Waals surface area contributed by atoms with Gasteiger partial charge in [0.1, 0.15) is 0 Å². The molecule has 3 amide bonds. The Balaban J connectivity index is 1.40. The zero-order valence-electron chi connectivity index (χ0n) is 20.9. The molecule has 2 aromatic carbocycles. The molecule has 7 nitrogen and oxygen atoms in total. The summed E-state index contributed by atoms with van der Waals surface area (Å²) in [7, 11) is 3.25. The molecule has 0 unspecified atom stereocenters. The fraction of sp³-hybridized carbons (Fsp3) is 0.379. The van der Waals surface area contributed by atoms with E-state index in [4.69, 9.17) is 0 Å². The van der Waals surface area contributed by atoms with Crippen molar-refractivity contribution in [2.24, 2.45) is 0 Å². The van der Waals surface area contributed by atoms with Gasteiger partial charge in [0, 0.05) is 32.6 Å². The number of aryl methyl sites for hydroxylation is 1. The summed E-state index contributed by atoms with van der Waals surface area (Å²) in [6.07, 6.45) is 5.37. The van der Waals surface area contributed by atoms with Gasteiger partial charge in [-0.2, -0.15) is 5.10 Å². The maximum Gasteiger partial charge on any atom is 0.240 e. The van der Waals surface area contributed by atoms with Crippen LogP contribution in [0.2, 0.25) is 0 Å². The molecule has 2 heterocycles. The molecule has 0 bridgehead atoms. The molecule has 7 heteroatoms. The molecule has 1 N–H and O–H groups in total. The standard InChI is InChI=1S/C29H32N4O3/c1-32(19-25-23-11-7-4-8-12-24(23)30-31-25)26(34)17-29(18-27(35)33(2)28(29)36)22-15-13-21(14-16-22)20-9-5-3-6-10-20/h3,5-6,9-10,13-16H,4,7-8,11-12,17-19H2,1-2H3,(H,30,31)/t29-/m1/s1. The summed E-state index contributed by atoms with van der Waals surface area (Å²) in [5.41, 5.74) is 4.88. The van der Waals surface area contributed by atoms with Crippen molar-refractivity contribution in [3.05, 3.63) is 77.1 Å². The third kappa shape index (κ3) is 4.34. The number of likely N-dealkylation sites (tertiary alicyclic amines) is 1. The van der Waals surface area contributed by atoms with Gasteiger partial charge >= 0.3 is 0 Å². The number of aromatic nitrogens is 2. The molecule has 1 atom stereocenters. The number of amides is 3. The lowest BCUT2D eigenvalue weighted by atomic mass is 9.75. The summed E-state index contributed by atoms with van der Waals surface area (Å²) in [6, 6.07) is 17.6. The van der Waals surface area contributed by atoms with Gasteiger partial charge in [0.15, 0.2) is 0 Å². The van der Waals surface area contributed by atoms with E-state index in [1.54, 1.807) is 11.9 Å². The van der Waals surface area contributed by atoms with Gasteiger partial charge in [-0.25, -0.2) is 0 Å². The van der Waals surface area contributed by atoms with E-state index in [9.17, 15) is 14.4 Å². The van der Waals surface area contributed by atoms with Gasteiger partial charge in [0.25, 0.3) is 0 Å². The van der Waals surface area contributed by atoms with E-state index in [1.165, 1.54) is 24.7 Å². The fourth-order valence-corrected chi connectivity index (χ4v) is 5.53. The maximum atomic E-state index is 13.5. The molecule has 5 rings (SSSR count). The first-order valence-electron chi connectivity index (χ1n) is 12.6.